The average molecular weight is 471 g/mol. The van der Waals surface area contributed by atoms with Crippen molar-refractivity contribution in [3.63, 3.8) is 0 Å². The Labute approximate surface area is 180 Å². The van der Waals surface area contributed by atoms with Gasteiger partial charge in [-0.05, 0) is 54.6 Å². The van der Waals surface area contributed by atoms with Crippen molar-refractivity contribution in [2.24, 2.45) is 5.10 Å². The fourth-order valence-electron chi connectivity index (χ4n) is 2.47. The Balaban J connectivity index is 1.74. The van der Waals surface area contributed by atoms with Gasteiger partial charge < -0.3 is 9.47 Å². The highest BCUT2D eigenvalue weighted by Gasteiger charge is 2.13. The molecule has 0 bridgehead atoms. The van der Waals surface area contributed by atoms with Gasteiger partial charge in [-0.3, -0.25) is 4.79 Å². The van der Waals surface area contributed by atoms with E-state index in [0.717, 1.165) is 0 Å². The number of hydrogen-bond acceptors (Lipinski definition) is 5. The molecule has 0 aliphatic carbocycles. The number of esters is 1. The standard InChI is InChI=1S/C22H16BrFN2O4/c1-29-17-9-6-14(7-10-17)22(28)30-20-11-8-16(23)12-15(20)13-25-26-21(27)18-4-2-3-5-19(18)24/h2-13H,1H3,(H,26,27)/b25-13+. The lowest BCUT2D eigenvalue weighted by atomic mass is 10.2. The molecule has 0 atom stereocenters. The Hall–Kier alpha value is -3.52. The first-order valence-electron chi connectivity index (χ1n) is 8.71. The lowest BCUT2D eigenvalue weighted by Gasteiger charge is -2.08. The van der Waals surface area contributed by atoms with Crippen molar-refractivity contribution in [3.05, 3.63) is 93.7 Å². The predicted molar refractivity (Wildman–Crippen MR) is 114 cm³/mol. The zero-order valence-corrected chi connectivity index (χ0v) is 17.4. The van der Waals surface area contributed by atoms with Crippen molar-refractivity contribution in [1.29, 1.82) is 0 Å². The van der Waals surface area contributed by atoms with Gasteiger partial charge in [0.05, 0.1) is 24.5 Å². The predicted octanol–water partition coefficient (Wildman–Crippen LogP) is 4.58. The number of ether oxygens (including phenoxy) is 2. The number of nitrogens with one attached hydrogen (secondary N) is 1. The maximum absolute atomic E-state index is 13.7. The van der Waals surface area contributed by atoms with Gasteiger partial charge in [-0.15, -0.1) is 0 Å². The monoisotopic (exact) mass is 470 g/mol. The molecular weight excluding hydrogens is 455 g/mol. The average Bonchev–Trinajstić information content (AvgIpc) is 2.75. The van der Waals surface area contributed by atoms with Crippen LogP contribution >= 0.6 is 15.9 Å². The molecule has 0 aliphatic rings. The minimum Gasteiger partial charge on any atom is -0.497 e. The fraction of sp³-hybridized carbons (Fsp3) is 0.0455. The lowest BCUT2D eigenvalue weighted by Crippen LogP contribution is -2.19. The number of carbonyl (C=O) groups is 2. The topological polar surface area (TPSA) is 77.0 Å². The summed E-state index contributed by atoms with van der Waals surface area (Å²) < 4.78 is 24.9. The maximum atomic E-state index is 13.7. The molecule has 3 aromatic carbocycles. The number of methoxy groups -OCH3 is 1. The van der Waals surface area contributed by atoms with E-state index in [-0.39, 0.29) is 11.3 Å². The van der Waals surface area contributed by atoms with Gasteiger partial charge in [-0.2, -0.15) is 5.10 Å². The van der Waals surface area contributed by atoms with Gasteiger partial charge in [-0.25, -0.2) is 14.6 Å². The van der Waals surface area contributed by atoms with Crippen molar-refractivity contribution < 1.29 is 23.5 Å². The summed E-state index contributed by atoms with van der Waals surface area (Å²) in [5, 5.41) is 3.84. The molecule has 0 unspecified atom stereocenters. The van der Waals surface area contributed by atoms with Gasteiger partial charge >= 0.3 is 5.97 Å². The van der Waals surface area contributed by atoms with Gasteiger partial charge in [0, 0.05) is 10.0 Å². The van der Waals surface area contributed by atoms with Crippen molar-refractivity contribution >= 4 is 34.0 Å². The van der Waals surface area contributed by atoms with Gasteiger partial charge in [0.15, 0.2) is 0 Å². The molecule has 0 saturated carbocycles. The summed E-state index contributed by atoms with van der Waals surface area (Å²) in [6.07, 6.45) is 1.31. The van der Waals surface area contributed by atoms with E-state index in [9.17, 15) is 14.0 Å². The molecule has 6 nitrogen and oxygen atoms in total. The van der Waals surface area contributed by atoms with E-state index in [1.807, 2.05) is 0 Å². The van der Waals surface area contributed by atoms with Crippen molar-refractivity contribution in [2.75, 3.05) is 7.11 Å². The van der Waals surface area contributed by atoms with Crippen LogP contribution in [0.25, 0.3) is 0 Å². The Morgan fingerprint density at radius 2 is 1.80 bits per heavy atom. The largest absolute Gasteiger partial charge is 0.497 e. The van der Waals surface area contributed by atoms with E-state index in [1.165, 1.54) is 31.5 Å². The second kappa shape index (κ2) is 9.80. The highest BCUT2D eigenvalue weighted by molar-refractivity contribution is 9.10. The molecule has 30 heavy (non-hydrogen) atoms. The summed E-state index contributed by atoms with van der Waals surface area (Å²) in [5.41, 5.74) is 2.90. The number of benzene rings is 3. The molecule has 1 N–H and O–H groups in total. The summed E-state index contributed by atoms with van der Waals surface area (Å²) in [4.78, 5) is 24.5. The summed E-state index contributed by atoms with van der Waals surface area (Å²) in [5.74, 6) is -1.06. The molecule has 0 fully saturated rings. The molecule has 0 heterocycles. The van der Waals surface area contributed by atoms with Crippen LogP contribution in [0, 0.1) is 5.82 Å². The zero-order valence-electron chi connectivity index (χ0n) is 15.8. The minimum atomic E-state index is -0.698. The minimum absolute atomic E-state index is 0.130. The maximum Gasteiger partial charge on any atom is 0.343 e. The van der Waals surface area contributed by atoms with Crippen LogP contribution in [0.2, 0.25) is 0 Å². The molecule has 1 amide bonds. The van der Waals surface area contributed by atoms with E-state index in [4.69, 9.17) is 9.47 Å². The van der Waals surface area contributed by atoms with Crippen LogP contribution in [0.1, 0.15) is 26.3 Å². The van der Waals surface area contributed by atoms with Crippen molar-refractivity contribution in [2.45, 2.75) is 0 Å². The first kappa shape index (κ1) is 21.2. The molecule has 0 aromatic heterocycles. The quantitative estimate of drug-likeness (QED) is 0.247. The SMILES string of the molecule is COc1ccc(C(=O)Oc2ccc(Br)cc2/C=N/NC(=O)c2ccccc2F)cc1. The van der Waals surface area contributed by atoms with E-state index in [2.05, 4.69) is 26.5 Å². The number of nitrogens with zero attached hydrogens (tertiary/aromatic N) is 1. The molecule has 0 spiro atoms. The summed E-state index contributed by atoms with van der Waals surface area (Å²) in [7, 11) is 1.53. The summed E-state index contributed by atoms with van der Waals surface area (Å²) in [6.45, 7) is 0. The third-order valence-corrected chi connectivity index (χ3v) is 4.48. The zero-order chi connectivity index (χ0) is 21.5. The van der Waals surface area contributed by atoms with Crippen LogP contribution in [0.3, 0.4) is 0 Å². The normalized spacial score (nSPS) is 10.6. The first-order valence-corrected chi connectivity index (χ1v) is 9.51. The third-order valence-electron chi connectivity index (χ3n) is 3.99. The molecule has 3 aromatic rings. The molecule has 3 rings (SSSR count). The Bertz CT molecular complexity index is 1100. The molecule has 0 saturated heterocycles. The number of carbonyl (C=O) groups excluding carboxylic acids is 2. The summed E-state index contributed by atoms with van der Waals surface area (Å²) in [6, 6.07) is 17.0. The highest BCUT2D eigenvalue weighted by atomic mass is 79.9. The van der Waals surface area contributed by atoms with Gasteiger partial charge in [0.1, 0.15) is 17.3 Å². The Kier molecular flexibility index (Phi) is 6.92. The van der Waals surface area contributed by atoms with Crippen LogP contribution in [-0.2, 0) is 0 Å². The van der Waals surface area contributed by atoms with Crippen LogP contribution in [0.15, 0.2) is 76.3 Å². The number of hydrazone groups is 1. The molecule has 152 valence electrons. The second-order valence-electron chi connectivity index (χ2n) is 5.98. The summed E-state index contributed by atoms with van der Waals surface area (Å²) >= 11 is 3.34. The molecule has 0 radical (unpaired) electrons. The van der Waals surface area contributed by atoms with E-state index < -0.39 is 17.7 Å². The molecular formula is C22H16BrFN2O4. The number of amides is 1. The second-order valence-corrected chi connectivity index (χ2v) is 6.89. The van der Waals surface area contributed by atoms with Crippen LogP contribution in [-0.4, -0.2) is 25.2 Å². The lowest BCUT2D eigenvalue weighted by molar-refractivity contribution is 0.0734. The van der Waals surface area contributed by atoms with Crippen LogP contribution in [0.5, 0.6) is 11.5 Å². The van der Waals surface area contributed by atoms with E-state index >= 15 is 0 Å². The Morgan fingerprint density at radius 1 is 1.07 bits per heavy atom. The smallest absolute Gasteiger partial charge is 0.343 e. The third kappa shape index (κ3) is 5.30. The van der Waals surface area contributed by atoms with Crippen LogP contribution in [0.4, 0.5) is 4.39 Å². The highest BCUT2D eigenvalue weighted by Crippen LogP contribution is 2.23. The van der Waals surface area contributed by atoms with Crippen LogP contribution < -0.4 is 14.9 Å². The number of rotatable bonds is 6. The number of hydrogen-bond donors (Lipinski definition) is 1. The van der Waals surface area contributed by atoms with Crippen molar-refractivity contribution in [1.82, 2.24) is 5.43 Å². The Morgan fingerprint density at radius 3 is 2.50 bits per heavy atom. The fourth-order valence-corrected chi connectivity index (χ4v) is 2.84. The van der Waals surface area contributed by atoms with E-state index in [0.29, 0.717) is 21.3 Å². The van der Waals surface area contributed by atoms with Gasteiger partial charge in [0.2, 0.25) is 0 Å². The first-order chi connectivity index (χ1) is 14.5. The molecule has 0 aliphatic heterocycles. The van der Waals surface area contributed by atoms with Gasteiger partial charge in [0.25, 0.3) is 5.91 Å². The van der Waals surface area contributed by atoms with Crippen molar-refractivity contribution in [3.8, 4) is 11.5 Å². The van der Waals surface area contributed by atoms with Gasteiger partial charge in [-0.1, -0.05) is 28.1 Å². The van der Waals surface area contributed by atoms with E-state index in [1.54, 1.807) is 48.5 Å². The number of halogens is 2. The molecule has 8 heteroatoms.